The smallest absolute Gasteiger partial charge is 0.158 e. The average molecular weight is 424 g/mol. The Labute approximate surface area is 179 Å². The summed E-state index contributed by atoms with van der Waals surface area (Å²) in [5.41, 5.74) is 1.16. The van der Waals surface area contributed by atoms with Gasteiger partial charge in [0.2, 0.25) is 0 Å². The molecule has 1 aliphatic carbocycles. The van der Waals surface area contributed by atoms with Crippen LogP contribution < -0.4 is 5.32 Å². The zero-order valence-corrected chi connectivity index (χ0v) is 17.1. The van der Waals surface area contributed by atoms with Crippen molar-refractivity contribution in [3.05, 3.63) is 41.7 Å². The maximum atomic E-state index is 11.0. The molecule has 5 rings (SSSR count). The molecular weight excluding hydrogens is 402 g/mol. The van der Waals surface area contributed by atoms with Crippen molar-refractivity contribution in [1.29, 1.82) is 0 Å². The molecule has 3 aromatic rings. The number of rotatable bonds is 5. The van der Waals surface area contributed by atoms with Gasteiger partial charge in [-0.1, -0.05) is 11.6 Å². The number of halogens is 1. The van der Waals surface area contributed by atoms with Crippen molar-refractivity contribution in [3.63, 3.8) is 0 Å². The first-order chi connectivity index (χ1) is 14.6. The summed E-state index contributed by atoms with van der Waals surface area (Å²) in [7, 11) is 0. The predicted molar refractivity (Wildman–Crippen MR) is 116 cm³/mol. The Balaban J connectivity index is 1.44. The SMILES string of the molecule is O=CC1C[C@H]1N1CCCC(Nc2nnc(-c3ccc(Cl)cc3O)c3ccncc23)C1. The Bertz CT molecular complexity index is 1110. The van der Waals surface area contributed by atoms with Crippen LogP contribution in [0.1, 0.15) is 19.3 Å². The van der Waals surface area contributed by atoms with Gasteiger partial charge < -0.3 is 15.2 Å². The minimum atomic E-state index is 0.0627. The van der Waals surface area contributed by atoms with Crippen LogP contribution in [0.2, 0.25) is 5.02 Å². The topological polar surface area (TPSA) is 91.2 Å². The second-order valence-electron chi connectivity index (χ2n) is 8.06. The van der Waals surface area contributed by atoms with E-state index in [0.717, 1.165) is 49.4 Å². The van der Waals surface area contributed by atoms with Crippen LogP contribution in [0, 0.1) is 5.92 Å². The second-order valence-corrected chi connectivity index (χ2v) is 8.50. The molecule has 0 radical (unpaired) electrons. The molecule has 3 atom stereocenters. The molecule has 2 N–H and O–H groups in total. The number of aromatic nitrogens is 3. The van der Waals surface area contributed by atoms with E-state index in [4.69, 9.17) is 11.6 Å². The van der Waals surface area contributed by atoms with Crippen molar-refractivity contribution in [3.8, 4) is 17.0 Å². The molecule has 8 heteroatoms. The van der Waals surface area contributed by atoms with Gasteiger partial charge in [-0.05, 0) is 50.1 Å². The van der Waals surface area contributed by atoms with Crippen molar-refractivity contribution in [1.82, 2.24) is 20.1 Å². The highest BCUT2D eigenvalue weighted by atomic mass is 35.5. The molecule has 2 fully saturated rings. The normalized spacial score (nSPS) is 24.0. The molecule has 2 aliphatic rings. The van der Waals surface area contributed by atoms with Crippen LogP contribution in [-0.4, -0.2) is 56.6 Å². The Morgan fingerprint density at radius 1 is 1.23 bits per heavy atom. The zero-order chi connectivity index (χ0) is 20.7. The van der Waals surface area contributed by atoms with Gasteiger partial charge in [0.1, 0.15) is 17.7 Å². The van der Waals surface area contributed by atoms with E-state index >= 15 is 0 Å². The second kappa shape index (κ2) is 7.81. The van der Waals surface area contributed by atoms with Crippen LogP contribution >= 0.6 is 11.6 Å². The van der Waals surface area contributed by atoms with Gasteiger partial charge in [-0.25, -0.2) is 0 Å². The Morgan fingerprint density at radius 3 is 2.93 bits per heavy atom. The fraction of sp³-hybridized carbons (Fsp3) is 0.364. The molecule has 1 saturated heterocycles. The number of hydrogen-bond donors (Lipinski definition) is 2. The molecule has 30 heavy (non-hydrogen) atoms. The van der Waals surface area contributed by atoms with E-state index in [9.17, 15) is 9.90 Å². The largest absolute Gasteiger partial charge is 0.507 e. The standard InChI is InChI=1S/C22H22ClN5O2/c23-14-3-4-17(20(30)9-14)21-16-5-6-24-10-18(16)22(27-26-21)25-15-2-1-7-28(11-15)19-8-13(19)12-29/h3-6,9-10,12-13,15,19,30H,1-2,7-8,11H2,(H,25,27)/t13?,15?,19-/m1/s1. The van der Waals surface area contributed by atoms with Crippen molar-refractivity contribution in [2.75, 3.05) is 18.4 Å². The number of phenolic OH excluding ortho intramolecular Hbond substituents is 1. The van der Waals surface area contributed by atoms with Gasteiger partial charge in [0.25, 0.3) is 0 Å². The van der Waals surface area contributed by atoms with Crippen LogP contribution in [0.25, 0.3) is 22.0 Å². The molecule has 1 saturated carbocycles. The fourth-order valence-corrected chi connectivity index (χ4v) is 4.56. The first-order valence-electron chi connectivity index (χ1n) is 10.2. The van der Waals surface area contributed by atoms with E-state index in [1.807, 2.05) is 6.07 Å². The third kappa shape index (κ3) is 3.59. The molecule has 1 aromatic carbocycles. The first kappa shape index (κ1) is 19.2. The Hall–Kier alpha value is -2.77. The van der Waals surface area contributed by atoms with Gasteiger partial charge in [0.15, 0.2) is 5.82 Å². The minimum absolute atomic E-state index is 0.0627. The number of aromatic hydroxyl groups is 1. The molecule has 0 spiro atoms. The lowest BCUT2D eigenvalue weighted by molar-refractivity contribution is -0.109. The molecule has 1 aliphatic heterocycles. The van der Waals surface area contributed by atoms with Gasteiger partial charge >= 0.3 is 0 Å². The number of nitrogens with one attached hydrogen (secondary N) is 1. The number of carbonyl (C=O) groups excluding carboxylic acids is 1. The van der Waals surface area contributed by atoms with E-state index in [-0.39, 0.29) is 17.7 Å². The van der Waals surface area contributed by atoms with Gasteiger partial charge in [-0.15, -0.1) is 10.2 Å². The Kier molecular flexibility index (Phi) is 5.00. The summed E-state index contributed by atoms with van der Waals surface area (Å²) in [4.78, 5) is 17.7. The average Bonchev–Trinajstić information content (AvgIpc) is 3.55. The first-order valence-corrected chi connectivity index (χ1v) is 10.6. The lowest BCUT2D eigenvalue weighted by atomic mass is 10.0. The van der Waals surface area contributed by atoms with E-state index < -0.39 is 0 Å². The number of carbonyl (C=O) groups is 1. The fourth-order valence-electron chi connectivity index (χ4n) is 4.39. The number of piperidine rings is 1. The minimum Gasteiger partial charge on any atom is -0.507 e. The predicted octanol–water partition coefficient (Wildman–Crippen LogP) is 3.51. The number of likely N-dealkylation sites (tertiary alicyclic amines) is 1. The maximum Gasteiger partial charge on any atom is 0.158 e. The van der Waals surface area contributed by atoms with Gasteiger partial charge in [-0.3, -0.25) is 9.88 Å². The van der Waals surface area contributed by atoms with E-state index in [2.05, 4.69) is 25.4 Å². The monoisotopic (exact) mass is 423 g/mol. The van der Waals surface area contributed by atoms with Crippen LogP contribution in [0.3, 0.4) is 0 Å². The zero-order valence-electron chi connectivity index (χ0n) is 16.3. The number of fused-ring (bicyclic) bond motifs is 1. The van der Waals surface area contributed by atoms with Crippen molar-refractivity contribution >= 4 is 34.5 Å². The van der Waals surface area contributed by atoms with E-state index in [0.29, 0.717) is 28.1 Å². The van der Waals surface area contributed by atoms with E-state index in [1.165, 1.54) is 6.07 Å². The lowest BCUT2D eigenvalue weighted by Crippen LogP contribution is -2.43. The van der Waals surface area contributed by atoms with Gasteiger partial charge in [0, 0.05) is 58.3 Å². The summed E-state index contributed by atoms with van der Waals surface area (Å²) in [6.07, 6.45) is 7.66. The van der Waals surface area contributed by atoms with Crippen molar-refractivity contribution < 1.29 is 9.90 Å². The molecule has 154 valence electrons. The highest BCUT2D eigenvalue weighted by Crippen LogP contribution is 2.37. The summed E-state index contributed by atoms with van der Waals surface area (Å²) in [5.74, 6) is 0.942. The third-order valence-corrected chi connectivity index (χ3v) is 6.27. The molecule has 0 amide bonds. The number of hydrogen-bond acceptors (Lipinski definition) is 7. The number of aldehydes is 1. The number of anilines is 1. The molecule has 2 unspecified atom stereocenters. The van der Waals surface area contributed by atoms with Crippen LogP contribution in [0.15, 0.2) is 36.7 Å². The van der Waals surface area contributed by atoms with Crippen molar-refractivity contribution in [2.45, 2.75) is 31.3 Å². The third-order valence-electron chi connectivity index (χ3n) is 6.04. The highest BCUT2D eigenvalue weighted by Gasteiger charge is 2.42. The number of nitrogens with zero attached hydrogens (tertiary/aromatic N) is 4. The van der Waals surface area contributed by atoms with Crippen molar-refractivity contribution in [2.24, 2.45) is 5.92 Å². The number of pyridine rings is 1. The quantitative estimate of drug-likeness (QED) is 0.606. The summed E-state index contributed by atoms with van der Waals surface area (Å²) >= 11 is 5.97. The van der Waals surface area contributed by atoms with Gasteiger partial charge in [0.05, 0.1) is 0 Å². The number of benzene rings is 1. The summed E-state index contributed by atoms with van der Waals surface area (Å²) in [6, 6.07) is 7.47. The maximum absolute atomic E-state index is 11.0. The lowest BCUT2D eigenvalue weighted by Gasteiger charge is -2.33. The molecule has 0 bridgehead atoms. The summed E-state index contributed by atoms with van der Waals surface area (Å²) in [6.45, 7) is 1.92. The highest BCUT2D eigenvalue weighted by molar-refractivity contribution is 6.30. The molecular formula is C22H22ClN5O2. The van der Waals surface area contributed by atoms with Gasteiger partial charge in [-0.2, -0.15) is 0 Å². The van der Waals surface area contributed by atoms with Crippen LogP contribution in [-0.2, 0) is 4.79 Å². The summed E-state index contributed by atoms with van der Waals surface area (Å²) in [5, 5.41) is 24.9. The molecule has 2 aromatic heterocycles. The Morgan fingerprint density at radius 2 is 2.13 bits per heavy atom. The van der Waals surface area contributed by atoms with Crippen LogP contribution in [0.4, 0.5) is 5.82 Å². The number of phenols is 1. The van der Waals surface area contributed by atoms with Crippen LogP contribution in [0.5, 0.6) is 5.75 Å². The molecule has 3 heterocycles. The molecule has 7 nitrogen and oxygen atoms in total. The van der Waals surface area contributed by atoms with E-state index in [1.54, 1.807) is 24.5 Å². The summed E-state index contributed by atoms with van der Waals surface area (Å²) < 4.78 is 0.